The summed E-state index contributed by atoms with van der Waals surface area (Å²) in [6, 6.07) is 7.26. The Labute approximate surface area is 103 Å². The molecule has 7 heteroatoms. The molecule has 0 radical (unpaired) electrons. The van der Waals surface area contributed by atoms with Crippen LogP contribution in [0.5, 0.6) is 0 Å². The summed E-state index contributed by atoms with van der Waals surface area (Å²) in [7, 11) is 0. The first-order valence-electron chi connectivity index (χ1n) is 5.74. The SMILES string of the molecule is NC1CC(C(=O)Nc2nc3ccccc3[nH]2)NN1. The standard InChI is InChI=1S/C11H14N6O/c12-9-5-8(16-17-9)10(18)15-11-13-6-3-1-2-4-7(6)14-11/h1-4,8-9,16-17H,5,12H2,(H2,13,14,15,18). The van der Waals surface area contributed by atoms with Crippen molar-refractivity contribution in [1.82, 2.24) is 20.8 Å². The Bertz CT molecular complexity index is 547. The number of H-pyrrole nitrogens is 1. The third kappa shape index (κ3) is 2.06. The summed E-state index contributed by atoms with van der Waals surface area (Å²) in [5, 5.41) is 2.73. The largest absolute Gasteiger partial charge is 0.324 e. The van der Waals surface area contributed by atoms with Gasteiger partial charge in [0, 0.05) is 6.42 Å². The van der Waals surface area contributed by atoms with Gasteiger partial charge in [0.1, 0.15) is 6.04 Å². The van der Waals surface area contributed by atoms with Crippen molar-refractivity contribution in [2.24, 2.45) is 5.73 Å². The second-order valence-corrected chi connectivity index (χ2v) is 4.28. The van der Waals surface area contributed by atoms with Crippen LogP contribution < -0.4 is 21.9 Å². The van der Waals surface area contributed by atoms with E-state index in [0.717, 1.165) is 11.0 Å². The summed E-state index contributed by atoms with van der Waals surface area (Å²) >= 11 is 0. The highest BCUT2D eigenvalue weighted by Crippen LogP contribution is 2.14. The van der Waals surface area contributed by atoms with Crippen LogP contribution in [0.2, 0.25) is 0 Å². The Morgan fingerprint density at radius 2 is 2.22 bits per heavy atom. The summed E-state index contributed by atoms with van der Waals surface area (Å²) in [5.74, 6) is 0.290. The van der Waals surface area contributed by atoms with E-state index in [-0.39, 0.29) is 18.1 Å². The molecule has 2 atom stereocenters. The van der Waals surface area contributed by atoms with Gasteiger partial charge >= 0.3 is 0 Å². The fraction of sp³-hybridized carbons (Fsp3) is 0.273. The minimum absolute atomic E-state index is 0.158. The number of para-hydroxylation sites is 2. The van der Waals surface area contributed by atoms with E-state index in [4.69, 9.17) is 5.73 Å². The van der Waals surface area contributed by atoms with Gasteiger partial charge in [-0.15, -0.1) is 0 Å². The number of amides is 1. The van der Waals surface area contributed by atoms with Crippen molar-refractivity contribution in [1.29, 1.82) is 0 Å². The molecule has 2 aromatic rings. The van der Waals surface area contributed by atoms with Crippen LogP contribution in [0.25, 0.3) is 11.0 Å². The highest BCUT2D eigenvalue weighted by atomic mass is 16.2. The molecule has 0 saturated carbocycles. The van der Waals surface area contributed by atoms with Gasteiger partial charge in [-0.2, -0.15) is 0 Å². The molecular formula is C11H14N6O. The molecule has 94 valence electrons. The molecule has 7 nitrogen and oxygen atoms in total. The molecule has 0 spiro atoms. The molecule has 18 heavy (non-hydrogen) atoms. The number of aromatic nitrogens is 2. The lowest BCUT2D eigenvalue weighted by molar-refractivity contribution is -0.117. The fourth-order valence-electron chi connectivity index (χ4n) is 1.97. The van der Waals surface area contributed by atoms with E-state index in [1.165, 1.54) is 0 Å². The van der Waals surface area contributed by atoms with Crippen LogP contribution in [0.3, 0.4) is 0 Å². The van der Waals surface area contributed by atoms with E-state index in [9.17, 15) is 4.79 Å². The molecule has 1 amide bonds. The monoisotopic (exact) mass is 246 g/mol. The van der Waals surface area contributed by atoms with Gasteiger partial charge in [0.25, 0.3) is 0 Å². The second-order valence-electron chi connectivity index (χ2n) is 4.28. The van der Waals surface area contributed by atoms with Crippen molar-refractivity contribution in [2.45, 2.75) is 18.6 Å². The van der Waals surface area contributed by atoms with Crippen LogP contribution in [-0.4, -0.2) is 28.1 Å². The van der Waals surface area contributed by atoms with E-state index in [1.54, 1.807) is 0 Å². The quantitative estimate of drug-likeness (QED) is 0.498. The van der Waals surface area contributed by atoms with Gasteiger partial charge in [0.2, 0.25) is 11.9 Å². The Morgan fingerprint density at radius 3 is 2.94 bits per heavy atom. The summed E-state index contributed by atoms with van der Waals surface area (Å²) in [6.07, 6.45) is 0.350. The number of nitrogens with zero attached hydrogens (tertiary/aromatic N) is 1. The Morgan fingerprint density at radius 1 is 1.39 bits per heavy atom. The van der Waals surface area contributed by atoms with Crippen molar-refractivity contribution >= 4 is 22.9 Å². The Hall–Kier alpha value is -1.96. The number of rotatable bonds is 2. The molecule has 0 bridgehead atoms. The molecule has 1 aliphatic heterocycles. The zero-order chi connectivity index (χ0) is 12.5. The summed E-state index contributed by atoms with van der Waals surface area (Å²) in [4.78, 5) is 19.2. The van der Waals surface area contributed by atoms with Gasteiger partial charge in [-0.3, -0.25) is 10.1 Å². The van der Waals surface area contributed by atoms with E-state index in [2.05, 4.69) is 26.1 Å². The number of nitrogens with one attached hydrogen (secondary N) is 4. The normalized spacial score (nSPS) is 23.4. The lowest BCUT2D eigenvalue weighted by atomic mass is 10.2. The van der Waals surface area contributed by atoms with Crippen molar-refractivity contribution in [3.05, 3.63) is 24.3 Å². The third-order valence-corrected chi connectivity index (χ3v) is 2.88. The van der Waals surface area contributed by atoms with Crippen molar-refractivity contribution < 1.29 is 4.79 Å². The Balaban J connectivity index is 1.74. The first-order valence-corrected chi connectivity index (χ1v) is 5.74. The van der Waals surface area contributed by atoms with Gasteiger partial charge in [-0.1, -0.05) is 12.1 Å². The van der Waals surface area contributed by atoms with Gasteiger partial charge in [0.15, 0.2) is 0 Å². The highest BCUT2D eigenvalue weighted by Gasteiger charge is 2.27. The Kier molecular flexibility index (Phi) is 2.71. The zero-order valence-corrected chi connectivity index (χ0v) is 9.60. The smallest absolute Gasteiger partial charge is 0.245 e. The predicted octanol–water partition coefficient (Wildman–Crippen LogP) is -0.347. The summed E-state index contributed by atoms with van der Waals surface area (Å²) in [5.41, 5.74) is 13.0. The number of imidazole rings is 1. The zero-order valence-electron chi connectivity index (χ0n) is 9.60. The first-order chi connectivity index (χ1) is 8.72. The van der Waals surface area contributed by atoms with Crippen LogP contribution in [0, 0.1) is 0 Å². The first kappa shape index (κ1) is 11.1. The topological polar surface area (TPSA) is 108 Å². The van der Waals surface area contributed by atoms with Gasteiger partial charge in [-0.05, 0) is 12.1 Å². The van der Waals surface area contributed by atoms with Crippen molar-refractivity contribution in [3.63, 3.8) is 0 Å². The molecular weight excluding hydrogens is 232 g/mol. The molecule has 1 fully saturated rings. The van der Waals surface area contributed by atoms with Gasteiger partial charge in [-0.25, -0.2) is 15.8 Å². The number of hydrogen-bond donors (Lipinski definition) is 5. The minimum Gasteiger partial charge on any atom is -0.324 e. The third-order valence-electron chi connectivity index (χ3n) is 2.88. The molecule has 2 unspecified atom stereocenters. The van der Waals surface area contributed by atoms with E-state index in [1.807, 2.05) is 24.3 Å². The lowest BCUT2D eigenvalue weighted by Crippen LogP contribution is -2.41. The molecule has 1 aromatic carbocycles. The maximum atomic E-state index is 11.9. The van der Waals surface area contributed by atoms with Crippen LogP contribution in [0.1, 0.15) is 6.42 Å². The number of carbonyl (C=O) groups is 1. The minimum atomic E-state index is -0.340. The van der Waals surface area contributed by atoms with Crippen LogP contribution in [0.15, 0.2) is 24.3 Å². The maximum absolute atomic E-state index is 11.9. The van der Waals surface area contributed by atoms with Crippen LogP contribution in [0.4, 0.5) is 5.95 Å². The fourth-order valence-corrected chi connectivity index (χ4v) is 1.97. The van der Waals surface area contributed by atoms with Crippen LogP contribution in [-0.2, 0) is 4.79 Å². The van der Waals surface area contributed by atoms with E-state index >= 15 is 0 Å². The second kappa shape index (κ2) is 4.37. The average molecular weight is 246 g/mol. The number of carbonyl (C=O) groups excluding carboxylic acids is 1. The number of hydrogen-bond acceptors (Lipinski definition) is 5. The highest BCUT2D eigenvalue weighted by molar-refractivity contribution is 5.94. The molecule has 6 N–H and O–H groups in total. The average Bonchev–Trinajstić information content (AvgIpc) is 2.94. The van der Waals surface area contributed by atoms with Crippen molar-refractivity contribution in [2.75, 3.05) is 5.32 Å². The number of aromatic amines is 1. The summed E-state index contributed by atoms with van der Waals surface area (Å²) in [6.45, 7) is 0. The number of fused-ring (bicyclic) bond motifs is 1. The number of nitrogens with two attached hydrogens (primary N) is 1. The number of benzene rings is 1. The molecule has 3 rings (SSSR count). The van der Waals surface area contributed by atoms with E-state index in [0.29, 0.717) is 12.4 Å². The molecule has 2 heterocycles. The maximum Gasteiger partial charge on any atom is 0.245 e. The van der Waals surface area contributed by atoms with Gasteiger partial charge in [0.05, 0.1) is 17.2 Å². The number of hydrazine groups is 1. The molecule has 1 saturated heterocycles. The van der Waals surface area contributed by atoms with Gasteiger partial charge < -0.3 is 10.7 Å². The van der Waals surface area contributed by atoms with Crippen molar-refractivity contribution in [3.8, 4) is 0 Å². The molecule has 1 aliphatic rings. The van der Waals surface area contributed by atoms with Crippen LogP contribution >= 0.6 is 0 Å². The predicted molar refractivity (Wildman–Crippen MR) is 67.4 cm³/mol. The van der Waals surface area contributed by atoms with E-state index < -0.39 is 0 Å². The summed E-state index contributed by atoms with van der Waals surface area (Å²) < 4.78 is 0. The number of anilines is 1. The lowest BCUT2D eigenvalue weighted by Gasteiger charge is -2.07. The molecule has 1 aromatic heterocycles. The molecule has 0 aliphatic carbocycles.